The minimum absolute atomic E-state index is 0.468. The molecule has 1 heterocycles. The number of hydrogen-bond donors (Lipinski definition) is 1. The molecule has 0 saturated heterocycles. The van der Waals surface area contributed by atoms with Gasteiger partial charge in [0.25, 0.3) is 0 Å². The van der Waals surface area contributed by atoms with E-state index in [0.29, 0.717) is 12.6 Å². The average Bonchev–Trinajstić information content (AvgIpc) is 2.91. The highest BCUT2D eigenvalue weighted by Gasteiger charge is 2.04. The summed E-state index contributed by atoms with van der Waals surface area (Å²) < 4.78 is 10.9. The number of aromatic nitrogens is 1. The minimum Gasteiger partial charge on any atom is -0.497 e. The van der Waals surface area contributed by atoms with Gasteiger partial charge in [0.1, 0.15) is 23.1 Å². The predicted octanol–water partition coefficient (Wildman–Crippen LogP) is 3.23. The summed E-state index contributed by atoms with van der Waals surface area (Å²) in [6, 6.07) is 8.05. The molecule has 0 spiro atoms. The molecule has 0 fully saturated rings. The lowest BCUT2D eigenvalue weighted by Gasteiger charge is -2.06. The zero-order valence-corrected chi connectivity index (χ0v) is 12.9. The summed E-state index contributed by atoms with van der Waals surface area (Å²) in [5, 5.41) is 6.48. The fraction of sp³-hybridized carbons (Fsp3) is 0.400. The van der Waals surface area contributed by atoms with Crippen LogP contribution in [0.5, 0.6) is 11.5 Å². The van der Waals surface area contributed by atoms with E-state index in [-0.39, 0.29) is 0 Å². The molecule has 0 saturated carbocycles. The van der Waals surface area contributed by atoms with Gasteiger partial charge in [-0.05, 0) is 12.1 Å². The van der Waals surface area contributed by atoms with E-state index in [4.69, 9.17) is 9.47 Å². The maximum Gasteiger partial charge on any atom is 0.131 e. The van der Waals surface area contributed by atoms with Crippen LogP contribution in [0, 0.1) is 0 Å². The highest BCUT2D eigenvalue weighted by atomic mass is 32.1. The molecule has 0 amide bonds. The van der Waals surface area contributed by atoms with Gasteiger partial charge in [-0.2, -0.15) is 0 Å². The molecule has 20 heavy (non-hydrogen) atoms. The number of thiazole rings is 1. The molecule has 5 heteroatoms. The Balaban J connectivity index is 1.87. The van der Waals surface area contributed by atoms with Crippen LogP contribution >= 0.6 is 11.3 Å². The van der Waals surface area contributed by atoms with Crippen molar-refractivity contribution in [2.75, 3.05) is 7.11 Å². The molecule has 0 atom stereocenters. The second kappa shape index (κ2) is 7.26. The largest absolute Gasteiger partial charge is 0.497 e. The first kappa shape index (κ1) is 14.8. The summed E-state index contributed by atoms with van der Waals surface area (Å²) in [7, 11) is 1.65. The first-order valence-electron chi connectivity index (χ1n) is 6.61. The molecule has 0 aliphatic carbocycles. The van der Waals surface area contributed by atoms with Gasteiger partial charge in [-0.15, -0.1) is 11.3 Å². The predicted molar refractivity (Wildman–Crippen MR) is 81.4 cm³/mol. The quantitative estimate of drug-likeness (QED) is 0.851. The zero-order valence-electron chi connectivity index (χ0n) is 12.1. The van der Waals surface area contributed by atoms with Crippen molar-refractivity contribution in [3.8, 4) is 11.5 Å². The number of nitrogens with zero attached hydrogens (tertiary/aromatic N) is 1. The van der Waals surface area contributed by atoms with Gasteiger partial charge in [-0.25, -0.2) is 4.98 Å². The summed E-state index contributed by atoms with van der Waals surface area (Å²) in [6.07, 6.45) is 0. The second-order valence-corrected chi connectivity index (χ2v) is 5.68. The highest BCUT2D eigenvalue weighted by Crippen LogP contribution is 2.20. The van der Waals surface area contributed by atoms with E-state index in [1.54, 1.807) is 18.4 Å². The van der Waals surface area contributed by atoms with E-state index in [0.717, 1.165) is 28.7 Å². The molecule has 2 aromatic rings. The monoisotopic (exact) mass is 292 g/mol. The molecule has 108 valence electrons. The van der Waals surface area contributed by atoms with Crippen molar-refractivity contribution in [1.82, 2.24) is 10.3 Å². The molecule has 1 aromatic heterocycles. The van der Waals surface area contributed by atoms with E-state index >= 15 is 0 Å². The highest BCUT2D eigenvalue weighted by molar-refractivity contribution is 7.09. The third kappa shape index (κ3) is 4.51. The Bertz CT molecular complexity index is 540. The lowest BCUT2D eigenvalue weighted by molar-refractivity contribution is 0.299. The van der Waals surface area contributed by atoms with Crippen molar-refractivity contribution in [3.05, 3.63) is 40.3 Å². The fourth-order valence-corrected chi connectivity index (χ4v) is 2.37. The smallest absolute Gasteiger partial charge is 0.131 e. The minimum atomic E-state index is 0.468. The van der Waals surface area contributed by atoms with Crippen LogP contribution in [-0.2, 0) is 13.2 Å². The number of ether oxygens (including phenoxy) is 2. The van der Waals surface area contributed by atoms with Crippen LogP contribution in [0.15, 0.2) is 29.6 Å². The normalized spacial score (nSPS) is 10.8. The standard InChI is InChI=1S/C15H20N2O2S/c1-11(2)16-8-15-17-12(10-20-15)9-19-14-6-4-5-13(7-14)18-3/h4-7,10-11,16H,8-9H2,1-3H3. The molecule has 4 nitrogen and oxygen atoms in total. The number of methoxy groups -OCH3 is 1. The van der Waals surface area contributed by atoms with Gasteiger partial charge in [0, 0.05) is 24.0 Å². The van der Waals surface area contributed by atoms with Gasteiger partial charge in [0.15, 0.2) is 0 Å². The van der Waals surface area contributed by atoms with Crippen molar-refractivity contribution in [2.45, 2.75) is 33.0 Å². The Hall–Kier alpha value is -1.59. The van der Waals surface area contributed by atoms with E-state index in [1.165, 1.54) is 0 Å². The molecular weight excluding hydrogens is 272 g/mol. The zero-order chi connectivity index (χ0) is 14.4. The van der Waals surface area contributed by atoms with Crippen LogP contribution in [0.4, 0.5) is 0 Å². The molecule has 1 N–H and O–H groups in total. The number of nitrogens with one attached hydrogen (secondary N) is 1. The lowest BCUT2D eigenvalue weighted by Crippen LogP contribution is -2.21. The van der Waals surface area contributed by atoms with E-state index in [1.807, 2.05) is 29.6 Å². The van der Waals surface area contributed by atoms with Crippen LogP contribution in [0.1, 0.15) is 24.5 Å². The van der Waals surface area contributed by atoms with E-state index in [9.17, 15) is 0 Å². The third-order valence-corrected chi connectivity index (χ3v) is 3.59. The Kier molecular flexibility index (Phi) is 5.38. The number of rotatable bonds is 7. The number of hydrogen-bond acceptors (Lipinski definition) is 5. The summed E-state index contributed by atoms with van der Waals surface area (Å²) in [4.78, 5) is 4.54. The van der Waals surface area contributed by atoms with Crippen LogP contribution in [0.3, 0.4) is 0 Å². The van der Waals surface area contributed by atoms with Gasteiger partial charge >= 0.3 is 0 Å². The van der Waals surface area contributed by atoms with Gasteiger partial charge in [0.05, 0.1) is 12.8 Å². The van der Waals surface area contributed by atoms with Crippen molar-refractivity contribution in [2.24, 2.45) is 0 Å². The summed E-state index contributed by atoms with van der Waals surface area (Å²) in [5.74, 6) is 1.59. The Labute approximate surface area is 123 Å². The average molecular weight is 292 g/mol. The van der Waals surface area contributed by atoms with Crippen molar-refractivity contribution in [3.63, 3.8) is 0 Å². The van der Waals surface area contributed by atoms with Crippen LogP contribution in [-0.4, -0.2) is 18.1 Å². The number of benzene rings is 1. The Morgan fingerprint density at radius 2 is 2.10 bits per heavy atom. The van der Waals surface area contributed by atoms with Crippen molar-refractivity contribution in [1.29, 1.82) is 0 Å². The summed E-state index contributed by atoms with van der Waals surface area (Å²) in [5.41, 5.74) is 0.957. The van der Waals surface area contributed by atoms with Crippen molar-refractivity contribution < 1.29 is 9.47 Å². The molecule has 0 unspecified atom stereocenters. The lowest BCUT2D eigenvalue weighted by atomic mass is 10.3. The van der Waals surface area contributed by atoms with Gasteiger partial charge in [-0.3, -0.25) is 0 Å². The second-order valence-electron chi connectivity index (χ2n) is 4.74. The van der Waals surface area contributed by atoms with Gasteiger partial charge in [-0.1, -0.05) is 19.9 Å². The third-order valence-electron chi connectivity index (χ3n) is 2.69. The van der Waals surface area contributed by atoms with E-state index in [2.05, 4.69) is 24.1 Å². The molecule has 0 bridgehead atoms. The van der Waals surface area contributed by atoms with Crippen LogP contribution < -0.4 is 14.8 Å². The Morgan fingerprint density at radius 1 is 1.30 bits per heavy atom. The maximum absolute atomic E-state index is 5.72. The Morgan fingerprint density at radius 3 is 2.85 bits per heavy atom. The molecule has 0 radical (unpaired) electrons. The van der Waals surface area contributed by atoms with Crippen LogP contribution in [0.25, 0.3) is 0 Å². The topological polar surface area (TPSA) is 43.4 Å². The van der Waals surface area contributed by atoms with E-state index < -0.39 is 0 Å². The maximum atomic E-state index is 5.72. The molecule has 2 rings (SSSR count). The molecule has 1 aromatic carbocycles. The van der Waals surface area contributed by atoms with Crippen molar-refractivity contribution >= 4 is 11.3 Å². The van der Waals surface area contributed by atoms with Gasteiger partial charge < -0.3 is 14.8 Å². The van der Waals surface area contributed by atoms with Gasteiger partial charge in [0.2, 0.25) is 0 Å². The molecular formula is C15H20N2O2S. The molecule has 0 aliphatic heterocycles. The summed E-state index contributed by atoms with van der Waals surface area (Å²) in [6.45, 7) is 5.54. The fourth-order valence-electron chi connectivity index (χ4n) is 1.64. The first-order chi connectivity index (χ1) is 9.67. The molecule has 0 aliphatic rings. The van der Waals surface area contributed by atoms with Crippen LogP contribution in [0.2, 0.25) is 0 Å². The summed E-state index contributed by atoms with van der Waals surface area (Å²) >= 11 is 1.66. The SMILES string of the molecule is COc1cccc(OCc2csc(CNC(C)C)n2)c1. The first-order valence-corrected chi connectivity index (χ1v) is 7.49.